The van der Waals surface area contributed by atoms with Crippen molar-refractivity contribution < 1.29 is 13.2 Å². The number of amides is 1. The average molecular weight is 374 g/mol. The van der Waals surface area contributed by atoms with Crippen LogP contribution in [0.15, 0.2) is 18.2 Å². The topological polar surface area (TPSA) is 69.7 Å². The Morgan fingerprint density at radius 3 is 2.71 bits per heavy atom. The van der Waals surface area contributed by atoms with Gasteiger partial charge in [-0.05, 0) is 43.5 Å². The lowest BCUT2D eigenvalue weighted by Gasteiger charge is -2.34. The Kier molecular flexibility index (Phi) is 5.78. The first kappa shape index (κ1) is 19.0. The summed E-state index contributed by atoms with van der Waals surface area (Å²) in [5.41, 5.74) is 2.30. The maximum atomic E-state index is 12.7. The quantitative estimate of drug-likeness (QED) is 0.847. The Morgan fingerprint density at radius 2 is 2.04 bits per heavy atom. The van der Waals surface area contributed by atoms with Gasteiger partial charge >= 0.3 is 0 Å². The minimum atomic E-state index is -3.27. The fourth-order valence-corrected chi connectivity index (χ4v) is 4.34. The standard InChI is InChI=1S/C16H23N3O3S.ClH/c1-12-11-17-7-9-18(12)16(20)14-5-6-15-13(10-14)4-3-8-19(15)23(2,21)22;/h5-6,10,12,17H,3-4,7-9,11H2,1-2H3;1H/t12-;/m0./s1. The second-order valence-corrected chi connectivity index (χ2v) is 8.24. The molecule has 0 radical (unpaired) electrons. The number of carbonyl (C=O) groups excluding carboxylic acids is 1. The van der Waals surface area contributed by atoms with Gasteiger partial charge < -0.3 is 10.2 Å². The Hall–Kier alpha value is -1.31. The zero-order valence-electron chi connectivity index (χ0n) is 14.0. The number of fused-ring (bicyclic) bond motifs is 1. The molecule has 8 heteroatoms. The van der Waals surface area contributed by atoms with Crippen LogP contribution in [0.4, 0.5) is 5.69 Å². The highest BCUT2D eigenvalue weighted by molar-refractivity contribution is 7.92. The summed E-state index contributed by atoms with van der Waals surface area (Å²) in [6.07, 6.45) is 2.81. The number of halogens is 1. The molecule has 1 aromatic carbocycles. The monoisotopic (exact) mass is 373 g/mol. The first-order valence-corrected chi connectivity index (χ1v) is 9.85. The third-order valence-electron chi connectivity index (χ3n) is 4.56. The summed E-state index contributed by atoms with van der Waals surface area (Å²) in [6.45, 7) is 4.86. The zero-order chi connectivity index (χ0) is 16.6. The summed E-state index contributed by atoms with van der Waals surface area (Å²) in [5, 5.41) is 3.28. The number of benzene rings is 1. The van der Waals surface area contributed by atoms with Gasteiger partial charge in [0.1, 0.15) is 0 Å². The SMILES string of the molecule is C[C@H]1CNCCN1C(=O)c1ccc2c(c1)CCCN2S(C)(=O)=O.Cl. The number of carbonyl (C=O) groups is 1. The maximum Gasteiger partial charge on any atom is 0.254 e. The van der Waals surface area contributed by atoms with Crippen molar-refractivity contribution in [2.75, 3.05) is 36.7 Å². The van der Waals surface area contributed by atoms with E-state index >= 15 is 0 Å². The number of nitrogens with one attached hydrogen (secondary N) is 1. The molecule has 1 amide bonds. The van der Waals surface area contributed by atoms with Gasteiger partial charge in [-0.1, -0.05) is 0 Å². The molecular formula is C16H24ClN3O3S. The highest BCUT2D eigenvalue weighted by Crippen LogP contribution is 2.30. The molecule has 2 aliphatic rings. The lowest BCUT2D eigenvalue weighted by atomic mass is 10.00. The van der Waals surface area contributed by atoms with E-state index in [1.807, 2.05) is 17.9 Å². The number of hydrogen-bond donors (Lipinski definition) is 1. The molecule has 2 aliphatic heterocycles. The lowest BCUT2D eigenvalue weighted by Crippen LogP contribution is -2.52. The number of nitrogens with zero attached hydrogens (tertiary/aromatic N) is 2. The number of aryl methyl sites for hydroxylation is 1. The first-order chi connectivity index (χ1) is 10.9. The van der Waals surface area contributed by atoms with E-state index < -0.39 is 10.0 Å². The fourth-order valence-electron chi connectivity index (χ4n) is 3.35. The highest BCUT2D eigenvalue weighted by atomic mass is 35.5. The van der Waals surface area contributed by atoms with Crippen LogP contribution in [0.5, 0.6) is 0 Å². The second-order valence-electron chi connectivity index (χ2n) is 6.33. The van der Waals surface area contributed by atoms with Crippen LogP contribution in [-0.4, -0.2) is 57.7 Å². The molecule has 1 aromatic rings. The van der Waals surface area contributed by atoms with Crippen molar-refractivity contribution >= 4 is 34.0 Å². The van der Waals surface area contributed by atoms with Gasteiger partial charge in [0.15, 0.2) is 0 Å². The van der Waals surface area contributed by atoms with Crippen LogP contribution in [0.25, 0.3) is 0 Å². The van der Waals surface area contributed by atoms with Crippen molar-refractivity contribution in [2.45, 2.75) is 25.8 Å². The molecule has 134 valence electrons. The third-order valence-corrected chi connectivity index (χ3v) is 5.74. The summed E-state index contributed by atoms with van der Waals surface area (Å²) in [7, 11) is -3.27. The van der Waals surface area contributed by atoms with Gasteiger partial charge in [0, 0.05) is 37.8 Å². The molecule has 0 unspecified atom stereocenters. The van der Waals surface area contributed by atoms with E-state index in [9.17, 15) is 13.2 Å². The smallest absolute Gasteiger partial charge is 0.254 e. The third kappa shape index (κ3) is 3.68. The van der Waals surface area contributed by atoms with Crippen LogP contribution >= 0.6 is 12.4 Å². The van der Waals surface area contributed by atoms with Crippen molar-refractivity contribution in [3.8, 4) is 0 Å². The normalized spacial score (nSPS) is 21.0. The van der Waals surface area contributed by atoms with Crippen molar-refractivity contribution in [3.63, 3.8) is 0 Å². The number of anilines is 1. The molecule has 1 N–H and O–H groups in total. The predicted octanol–water partition coefficient (Wildman–Crippen LogP) is 1.25. The zero-order valence-corrected chi connectivity index (χ0v) is 15.6. The van der Waals surface area contributed by atoms with Crippen molar-refractivity contribution in [2.24, 2.45) is 0 Å². The number of sulfonamides is 1. The average Bonchev–Trinajstić information content (AvgIpc) is 2.52. The van der Waals surface area contributed by atoms with Crippen molar-refractivity contribution in [1.29, 1.82) is 0 Å². The van der Waals surface area contributed by atoms with E-state index in [0.29, 0.717) is 24.3 Å². The molecule has 3 rings (SSSR count). The van der Waals surface area contributed by atoms with Gasteiger partial charge in [0.2, 0.25) is 10.0 Å². The molecule has 1 fully saturated rings. The molecule has 1 atom stereocenters. The minimum Gasteiger partial charge on any atom is -0.333 e. The Morgan fingerprint density at radius 1 is 1.29 bits per heavy atom. The fraction of sp³-hybridized carbons (Fsp3) is 0.562. The second kappa shape index (κ2) is 7.29. The minimum absolute atomic E-state index is 0. The van der Waals surface area contributed by atoms with Gasteiger partial charge in [0.05, 0.1) is 11.9 Å². The van der Waals surface area contributed by atoms with Crippen molar-refractivity contribution in [3.05, 3.63) is 29.3 Å². The van der Waals surface area contributed by atoms with Crippen LogP contribution < -0.4 is 9.62 Å². The van der Waals surface area contributed by atoms with E-state index in [1.54, 1.807) is 12.1 Å². The Balaban J connectivity index is 0.00000208. The van der Waals surface area contributed by atoms with Gasteiger partial charge in [-0.2, -0.15) is 0 Å². The molecule has 24 heavy (non-hydrogen) atoms. The predicted molar refractivity (Wildman–Crippen MR) is 97.6 cm³/mol. The lowest BCUT2D eigenvalue weighted by molar-refractivity contribution is 0.0655. The largest absolute Gasteiger partial charge is 0.333 e. The summed E-state index contributed by atoms with van der Waals surface area (Å²) in [4.78, 5) is 14.6. The van der Waals surface area contributed by atoms with E-state index in [1.165, 1.54) is 10.6 Å². The molecule has 6 nitrogen and oxygen atoms in total. The maximum absolute atomic E-state index is 12.7. The van der Waals surface area contributed by atoms with Crippen LogP contribution in [0.1, 0.15) is 29.3 Å². The summed E-state index contributed by atoms with van der Waals surface area (Å²) in [5.74, 6) is 0.0262. The van der Waals surface area contributed by atoms with Crippen molar-refractivity contribution in [1.82, 2.24) is 10.2 Å². The van der Waals surface area contributed by atoms with Crippen LogP contribution in [0.2, 0.25) is 0 Å². The van der Waals surface area contributed by atoms with Gasteiger partial charge in [-0.15, -0.1) is 12.4 Å². The summed E-state index contributed by atoms with van der Waals surface area (Å²) >= 11 is 0. The van der Waals surface area contributed by atoms with Crippen LogP contribution in [0.3, 0.4) is 0 Å². The molecule has 1 saturated heterocycles. The summed E-state index contributed by atoms with van der Waals surface area (Å²) in [6, 6.07) is 5.55. The van der Waals surface area contributed by atoms with Gasteiger partial charge in [-0.25, -0.2) is 8.42 Å². The molecule has 0 spiro atoms. The van der Waals surface area contributed by atoms with Gasteiger partial charge in [0.25, 0.3) is 5.91 Å². The molecule has 2 heterocycles. The molecular weight excluding hydrogens is 350 g/mol. The molecule has 0 bridgehead atoms. The number of rotatable bonds is 2. The van der Waals surface area contributed by atoms with E-state index in [0.717, 1.165) is 31.5 Å². The molecule has 0 aromatic heterocycles. The van der Waals surface area contributed by atoms with Gasteiger partial charge in [-0.3, -0.25) is 9.10 Å². The number of hydrogen-bond acceptors (Lipinski definition) is 4. The Bertz CT molecular complexity index is 723. The van der Waals surface area contributed by atoms with Crippen LogP contribution in [0, 0.1) is 0 Å². The molecule has 0 saturated carbocycles. The Labute approximate surface area is 149 Å². The molecule has 0 aliphatic carbocycles. The highest BCUT2D eigenvalue weighted by Gasteiger charge is 2.27. The van der Waals surface area contributed by atoms with Crippen LogP contribution in [-0.2, 0) is 16.4 Å². The van der Waals surface area contributed by atoms with E-state index in [2.05, 4.69) is 5.32 Å². The van der Waals surface area contributed by atoms with E-state index in [4.69, 9.17) is 0 Å². The number of piperazine rings is 1. The summed E-state index contributed by atoms with van der Waals surface area (Å²) < 4.78 is 25.2. The van der Waals surface area contributed by atoms with E-state index in [-0.39, 0.29) is 24.4 Å². The first-order valence-electron chi connectivity index (χ1n) is 8.00.